The molecule has 0 aromatic carbocycles. The number of nitrogens with one attached hydrogen (secondary N) is 2. The summed E-state index contributed by atoms with van der Waals surface area (Å²) in [6, 6.07) is 5.70. The van der Waals surface area contributed by atoms with E-state index in [1.807, 2.05) is 23.6 Å². The average Bonchev–Trinajstić information content (AvgIpc) is 3.25. The minimum atomic E-state index is -0.150. The lowest BCUT2D eigenvalue weighted by atomic mass is 9.89. The molecule has 9 heteroatoms. The maximum Gasteiger partial charge on any atom is 0.323 e. The number of anilines is 2. The van der Waals surface area contributed by atoms with Crippen molar-refractivity contribution in [3.8, 4) is 0 Å². The first kappa shape index (κ1) is 21.5. The second-order valence-electron chi connectivity index (χ2n) is 8.22. The summed E-state index contributed by atoms with van der Waals surface area (Å²) in [6.45, 7) is 3.51. The number of rotatable bonds is 6. The minimum absolute atomic E-state index is 0.000562. The van der Waals surface area contributed by atoms with Crippen LogP contribution in [0.3, 0.4) is 0 Å². The van der Waals surface area contributed by atoms with Gasteiger partial charge in [-0.15, -0.1) is 11.3 Å². The lowest BCUT2D eigenvalue weighted by molar-refractivity contribution is -0.120. The van der Waals surface area contributed by atoms with Gasteiger partial charge in [-0.2, -0.15) is 0 Å². The van der Waals surface area contributed by atoms with E-state index in [0.717, 1.165) is 25.5 Å². The summed E-state index contributed by atoms with van der Waals surface area (Å²) >= 11 is 1.36. The highest BCUT2D eigenvalue weighted by Crippen LogP contribution is 2.23. The highest BCUT2D eigenvalue weighted by atomic mass is 32.1. The van der Waals surface area contributed by atoms with Gasteiger partial charge in [0.05, 0.1) is 12.1 Å². The Balaban J connectivity index is 1.19. The molecular formula is C22H30N6O2S. The Morgan fingerprint density at radius 3 is 2.65 bits per heavy atom. The number of hydrogen-bond acceptors (Lipinski definition) is 6. The van der Waals surface area contributed by atoms with Crippen LogP contribution in [0.25, 0.3) is 0 Å². The topological polar surface area (TPSA) is 90.5 Å². The molecule has 0 radical (unpaired) electrons. The van der Waals surface area contributed by atoms with E-state index in [0.29, 0.717) is 29.8 Å². The first-order valence-electron chi connectivity index (χ1n) is 11.1. The molecule has 31 heavy (non-hydrogen) atoms. The van der Waals surface area contributed by atoms with E-state index in [4.69, 9.17) is 0 Å². The molecule has 1 aliphatic heterocycles. The molecule has 0 spiro atoms. The van der Waals surface area contributed by atoms with E-state index in [1.54, 1.807) is 11.1 Å². The number of carbonyl (C=O) groups excluding carboxylic acids is 2. The van der Waals surface area contributed by atoms with E-state index in [2.05, 4.69) is 25.5 Å². The molecule has 1 saturated carbocycles. The Labute approximate surface area is 187 Å². The van der Waals surface area contributed by atoms with Gasteiger partial charge >= 0.3 is 6.03 Å². The van der Waals surface area contributed by atoms with Gasteiger partial charge < -0.3 is 15.1 Å². The second-order valence-corrected chi connectivity index (χ2v) is 9.08. The van der Waals surface area contributed by atoms with Gasteiger partial charge in [-0.25, -0.2) is 14.8 Å². The molecule has 2 aliphatic rings. The van der Waals surface area contributed by atoms with Gasteiger partial charge in [0.25, 0.3) is 0 Å². The quantitative estimate of drug-likeness (QED) is 0.717. The molecule has 8 nitrogen and oxygen atoms in total. The zero-order chi connectivity index (χ0) is 21.5. The minimum Gasteiger partial charge on any atom is -0.355 e. The fourth-order valence-corrected chi connectivity index (χ4v) is 4.87. The predicted molar refractivity (Wildman–Crippen MR) is 122 cm³/mol. The van der Waals surface area contributed by atoms with Gasteiger partial charge in [0.2, 0.25) is 5.91 Å². The first-order valence-corrected chi connectivity index (χ1v) is 12.0. The van der Waals surface area contributed by atoms with Crippen LogP contribution in [-0.2, 0) is 11.2 Å². The summed E-state index contributed by atoms with van der Waals surface area (Å²) in [5.41, 5.74) is 0.696. The standard InChI is InChI=1S/C22H30N6O2S/c29-20(24-15-17-6-2-1-3-7-17)14-18-16-31-21(25-18)26-22(30)28-12-10-27(11-13-28)19-8-4-5-9-23-19/h4-5,8-9,16-17H,1-3,6-7,10-15H2,(H,24,29)(H,25,26,30). The zero-order valence-corrected chi connectivity index (χ0v) is 18.6. The number of amides is 3. The number of aromatic nitrogens is 2. The van der Waals surface area contributed by atoms with Gasteiger partial charge in [-0.05, 0) is 30.9 Å². The van der Waals surface area contributed by atoms with Crippen LogP contribution in [0.1, 0.15) is 37.8 Å². The molecule has 0 atom stereocenters. The van der Waals surface area contributed by atoms with Crippen molar-refractivity contribution >= 4 is 34.2 Å². The van der Waals surface area contributed by atoms with Crippen LogP contribution in [0.4, 0.5) is 15.7 Å². The van der Waals surface area contributed by atoms with Crippen LogP contribution in [0.5, 0.6) is 0 Å². The summed E-state index contributed by atoms with van der Waals surface area (Å²) in [5, 5.41) is 8.29. The van der Waals surface area contributed by atoms with Gasteiger partial charge in [-0.3, -0.25) is 10.1 Å². The monoisotopic (exact) mass is 442 g/mol. The lowest BCUT2D eigenvalue weighted by Crippen LogP contribution is -2.50. The number of hydrogen-bond donors (Lipinski definition) is 2. The van der Waals surface area contributed by atoms with Gasteiger partial charge in [0.1, 0.15) is 5.82 Å². The van der Waals surface area contributed by atoms with E-state index in [-0.39, 0.29) is 18.4 Å². The normalized spacial score (nSPS) is 17.4. The fourth-order valence-electron chi connectivity index (χ4n) is 4.17. The number of pyridine rings is 1. The Hall–Kier alpha value is -2.68. The van der Waals surface area contributed by atoms with Crippen LogP contribution in [0.2, 0.25) is 0 Å². The van der Waals surface area contributed by atoms with Crippen LogP contribution >= 0.6 is 11.3 Å². The molecule has 1 aliphatic carbocycles. The van der Waals surface area contributed by atoms with Crippen LogP contribution in [0.15, 0.2) is 29.8 Å². The number of nitrogens with zero attached hydrogens (tertiary/aromatic N) is 4. The summed E-state index contributed by atoms with van der Waals surface area (Å²) in [5.74, 6) is 1.55. The molecule has 1 saturated heterocycles. The molecule has 166 valence electrons. The van der Waals surface area contributed by atoms with Crippen molar-refractivity contribution in [2.75, 3.05) is 42.9 Å². The van der Waals surface area contributed by atoms with Crippen LogP contribution in [0, 0.1) is 5.92 Å². The molecule has 0 unspecified atom stereocenters. The van der Waals surface area contributed by atoms with Crippen molar-refractivity contribution in [1.29, 1.82) is 0 Å². The van der Waals surface area contributed by atoms with Gasteiger partial charge in [0, 0.05) is 44.3 Å². The predicted octanol–water partition coefficient (Wildman–Crippen LogP) is 3.13. The molecule has 2 aromatic heterocycles. The molecule has 2 aromatic rings. The fraction of sp³-hybridized carbons (Fsp3) is 0.545. The van der Waals surface area contributed by atoms with E-state index in [9.17, 15) is 9.59 Å². The lowest BCUT2D eigenvalue weighted by Gasteiger charge is -2.35. The van der Waals surface area contributed by atoms with Crippen molar-refractivity contribution in [2.45, 2.75) is 38.5 Å². The van der Waals surface area contributed by atoms with Crippen molar-refractivity contribution in [1.82, 2.24) is 20.2 Å². The maximum atomic E-state index is 12.6. The number of carbonyl (C=O) groups is 2. The smallest absolute Gasteiger partial charge is 0.323 e. The van der Waals surface area contributed by atoms with Crippen molar-refractivity contribution in [3.05, 3.63) is 35.5 Å². The Morgan fingerprint density at radius 1 is 1.10 bits per heavy atom. The third-order valence-corrected chi connectivity index (χ3v) is 6.77. The van der Waals surface area contributed by atoms with Crippen molar-refractivity contribution < 1.29 is 9.59 Å². The third kappa shape index (κ3) is 6.16. The van der Waals surface area contributed by atoms with E-state index >= 15 is 0 Å². The van der Waals surface area contributed by atoms with Crippen LogP contribution in [-0.4, -0.2) is 59.5 Å². The largest absolute Gasteiger partial charge is 0.355 e. The van der Waals surface area contributed by atoms with Crippen molar-refractivity contribution in [2.24, 2.45) is 5.92 Å². The third-order valence-electron chi connectivity index (χ3n) is 5.96. The molecule has 3 amide bonds. The molecule has 2 fully saturated rings. The Morgan fingerprint density at radius 2 is 1.90 bits per heavy atom. The summed E-state index contributed by atoms with van der Waals surface area (Å²) in [4.78, 5) is 37.6. The van der Waals surface area contributed by atoms with Gasteiger partial charge in [-0.1, -0.05) is 25.3 Å². The summed E-state index contributed by atoms with van der Waals surface area (Å²) in [7, 11) is 0. The maximum absolute atomic E-state index is 12.6. The van der Waals surface area contributed by atoms with E-state index < -0.39 is 0 Å². The SMILES string of the molecule is O=C(Cc1csc(NC(=O)N2CCN(c3ccccn3)CC2)n1)NCC1CCCCC1. The molecule has 4 rings (SSSR count). The Kier molecular flexibility index (Phi) is 7.35. The van der Waals surface area contributed by atoms with Gasteiger partial charge in [0.15, 0.2) is 5.13 Å². The molecule has 0 bridgehead atoms. The number of piperazine rings is 1. The second kappa shape index (κ2) is 10.6. The summed E-state index contributed by atoms with van der Waals surface area (Å²) in [6.07, 6.45) is 8.32. The average molecular weight is 443 g/mol. The number of thiazole rings is 1. The molecule has 3 heterocycles. The summed E-state index contributed by atoms with van der Waals surface area (Å²) < 4.78 is 0. The number of urea groups is 1. The van der Waals surface area contributed by atoms with Crippen LogP contribution < -0.4 is 15.5 Å². The highest BCUT2D eigenvalue weighted by molar-refractivity contribution is 7.13. The zero-order valence-electron chi connectivity index (χ0n) is 17.8. The highest BCUT2D eigenvalue weighted by Gasteiger charge is 2.22. The first-order chi connectivity index (χ1) is 15.2. The van der Waals surface area contributed by atoms with Crippen molar-refractivity contribution in [3.63, 3.8) is 0 Å². The molecule has 2 N–H and O–H groups in total. The molecular weight excluding hydrogens is 412 g/mol. The Bertz CT molecular complexity index is 860. The van der Waals surface area contributed by atoms with E-state index in [1.165, 1.54) is 43.4 Å².